The number of amides is 1. The number of likely N-dealkylation sites (tertiary alicyclic amines) is 1. The SMILES string of the molecule is COC(=O)C1CCCN(CC(=O)Nc2ccccc2Cl)C1. The maximum Gasteiger partial charge on any atom is 0.309 e. The molecule has 0 saturated carbocycles. The van der Waals surface area contributed by atoms with Crippen molar-refractivity contribution in [3.05, 3.63) is 29.3 Å². The van der Waals surface area contributed by atoms with Gasteiger partial charge in [0.25, 0.3) is 0 Å². The molecule has 5 nitrogen and oxygen atoms in total. The first-order valence-corrected chi connectivity index (χ1v) is 7.32. The van der Waals surface area contributed by atoms with Crippen LogP contribution in [0.15, 0.2) is 24.3 Å². The summed E-state index contributed by atoms with van der Waals surface area (Å²) in [6.07, 6.45) is 1.70. The number of methoxy groups -OCH3 is 1. The number of rotatable bonds is 4. The summed E-state index contributed by atoms with van der Waals surface area (Å²) in [5.74, 6) is -0.475. The number of para-hydroxylation sites is 1. The van der Waals surface area contributed by atoms with Gasteiger partial charge < -0.3 is 10.1 Å². The summed E-state index contributed by atoms with van der Waals surface area (Å²) in [5, 5.41) is 3.30. The zero-order valence-electron chi connectivity index (χ0n) is 12.0. The predicted molar refractivity (Wildman–Crippen MR) is 81.3 cm³/mol. The van der Waals surface area contributed by atoms with Crippen molar-refractivity contribution in [2.75, 3.05) is 32.1 Å². The van der Waals surface area contributed by atoms with Crippen LogP contribution in [0.5, 0.6) is 0 Å². The molecule has 1 unspecified atom stereocenters. The highest BCUT2D eigenvalue weighted by atomic mass is 35.5. The van der Waals surface area contributed by atoms with Crippen molar-refractivity contribution in [1.82, 2.24) is 4.90 Å². The van der Waals surface area contributed by atoms with E-state index in [1.54, 1.807) is 12.1 Å². The largest absolute Gasteiger partial charge is 0.469 e. The number of nitrogens with one attached hydrogen (secondary N) is 1. The molecular formula is C15H19ClN2O3. The summed E-state index contributed by atoms with van der Waals surface area (Å²) < 4.78 is 4.77. The standard InChI is InChI=1S/C15H19ClN2O3/c1-21-15(20)11-5-4-8-18(9-11)10-14(19)17-13-7-3-2-6-12(13)16/h2-3,6-7,11H,4-5,8-10H2,1H3,(H,17,19). The average Bonchev–Trinajstić information content (AvgIpc) is 2.49. The molecule has 6 heteroatoms. The normalized spacial score (nSPS) is 19.0. The lowest BCUT2D eigenvalue weighted by Crippen LogP contribution is -2.42. The molecule has 1 aliphatic heterocycles. The number of hydrogen-bond donors (Lipinski definition) is 1. The molecule has 114 valence electrons. The Morgan fingerprint density at radius 1 is 1.43 bits per heavy atom. The fourth-order valence-corrected chi connectivity index (χ4v) is 2.70. The van der Waals surface area contributed by atoms with Gasteiger partial charge in [0.15, 0.2) is 0 Å². The number of benzene rings is 1. The molecule has 0 aliphatic carbocycles. The first-order valence-electron chi connectivity index (χ1n) is 6.94. The number of carbonyl (C=O) groups excluding carboxylic acids is 2. The van der Waals surface area contributed by atoms with Gasteiger partial charge in [-0.05, 0) is 31.5 Å². The van der Waals surface area contributed by atoms with Crippen molar-refractivity contribution in [2.24, 2.45) is 5.92 Å². The van der Waals surface area contributed by atoms with Crippen LogP contribution in [0.3, 0.4) is 0 Å². The number of esters is 1. The second kappa shape index (κ2) is 7.43. The highest BCUT2D eigenvalue weighted by Crippen LogP contribution is 2.21. The van der Waals surface area contributed by atoms with Crippen LogP contribution >= 0.6 is 11.6 Å². The summed E-state index contributed by atoms with van der Waals surface area (Å²) in [4.78, 5) is 25.6. The van der Waals surface area contributed by atoms with Gasteiger partial charge in [-0.2, -0.15) is 0 Å². The van der Waals surface area contributed by atoms with E-state index in [0.717, 1.165) is 19.4 Å². The van der Waals surface area contributed by atoms with E-state index in [-0.39, 0.29) is 24.3 Å². The minimum Gasteiger partial charge on any atom is -0.469 e. The molecule has 21 heavy (non-hydrogen) atoms. The zero-order chi connectivity index (χ0) is 15.2. The van der Waals surface area contributed by atoms with E-state index in [1.165, 1.54) is 7.11 Å². The molecule has 1 amide bonds. The van der Waals surface area contributed by atoms with Crippen molar-refractivity contribution in [3.63, 3.8) is 0 Å². The molecule has 1 aliphatic rings. The van der Waals surface area contributed by atoms with E-state index < -0.39 is 0 Å². The maximum atomic E-state index is 12.1. The Hall–Kier alpha value is -1.59. The molecular weight excluding hydrogens is 292 g/mol. The van der Waals surface area contributed by atoms with Crippen molar-refractivity contribution in [2.45, 2.75) is 12.8 Å². The van der Waals surface area contributed by atoms with Gasteiger partial charge in [-0.1, -0.05) is 23.7 Å². The molecule has 1 fully saturated rings. The van der Waals surface area contributed by atoms with Crippen LogP contribution in [-0.4, -0.2) is 43.5 Å². The first-order chi connectivity index (χ1) is 10.1. The van der Waals surface area contributed by atoms with Crippen LogP contribution in [-0.2, 0) is 14.3 Å². The summed E-state index contributed by atoms with van der Waals surface area (Å²) in [5.41, 5.74) is 0.602. The lowest BCUT2D eigenvalue weighted by atomic mass is 9.98. The molecule has 0 spiro atoms. The number of nitrogens with zero attached hydrogens (tertiary/aromatic N) is 1. The minimum absolute atomic E-state index is 0.131. The number of anilines is 1. The van der Waals surface area contributed by atoms with E-state index in [2.05, 4.69) is 5.32 Å². The fraction of sp³-hybridized carbons (Fsp3) is 0.467. The lowest BCUT2D eigenvalue weighted by Gasteiger charge is -2.30. The molecule has 1 atom stereocenters. The van der Waals surface area contributed by atoms with Gasteiger partial charge >= 0.3 is 5.97 Å². The van der Waals surface area contributed by atoms with E-state index in [0.29, 0.717) is 17.3 Å². The number of ether oxygens (including phenoxy) is 1. The van der Waals surface area contributed by atoms with Crippen molar-refractivity contribution >= 4 is 29.2 Å². The smallest absolute Gasteiger partial charge is 0.309 e. The predicted octanol–water partition coefficient (Wildman–Crippen LogP) is 2.16. The quantitative estimate of drug-likeness (QED) is 0.866. The first kappa shape index (κ1) is 15.8. The topological polar surface area (TPSA) is 58.6 Å². The van der Waals surface area contributed by atoms with Gasteiger partial charge in [0.2, 0.25) is 5.91 Å². The third-order valence-corrected chi connectivity index (χ3v) is 3.88. The van der Waals surface area contributed by atoms with Crippen molar-refractivity contribution in [3.8, 4) is 0 Å². The Labute approximate surface area is 129 Å². The lowest BCUT2D eigenvalue weighted by molar-refractivity contribution is -0.147. The summed E-state index contributed by atoms with van der Waals surface area (Å²) in [6.45, 7) is 1.62. The summed E-state index contributed by atoms with van der Waals surface area (Å²) >= 11 is 6.01. The van der Waals surface area contributed by atoms with E-state index in [1.807, 2.05) is 17.0 Å². The van der Waals surface area contributed by atoms with Gasteiger partial charge in [-0.15, -0.1) is 0 Å². The highest BCUT2D eigenvalue weighted by molar-refractivity contribution is 6.33. The molecule has 1 aromatic rings. The maximum absolute atomic E-state index is 12.1. The molecule has 2 rings (SSSR count). The third-order valence-electron chi connectivity index (χ3n) is 3.56. The third kappa shape index (κ3) is 4.44. The second-order valence-corrected chi connectivity index (χ2v) is 5.53. The molecule has 1 heterocycles. The molecule has 0 bridgehead atoms. The molecule has 1 aromatic carbocycles. The van der Waals surface area contributed by atoms with Crippen LogP contribution in [0.25, 0.3) is 0 Å². The van der Waals surface area contributed by atoms with Gasteiger partial charge in [0, 0.05) is 6.54 Å². The Kier molecular flexibility index (Phi) is 5.59. The van der Waals surface area contributed by atoms with Crippen LogP contribution in [0, 0.1) is 5.92 Å². The van der Waals surface area contributed by atoms with Gasteiger partial charge in [-0.25, -0.2) is 0 Å². The minimum atomic E-state index is -0.203. The summed E-state index contributed by atoms with van der Waals surface area (Å²) in [6, 6.07) is 7.11. The van der Waals surface area contributed by atoms with Crippen LogP contribution in [0.2, 0.25) is 5.02 Å². The van der Waals surface area contributed by atoms with Gasteiger partial charge in [-0.3, -0.25) is 14.5 Å². The van der Waals surface area contributed by atoms with E-state index in [4.69, 9.17) is 16.3 Å². The van der Waals surface area contributed by atoms with Gasteiger partial charge in [0.05, 0.1) is 30.3 Å². The highest BCUT2D eigenvalue weighted by Gasteiger charge is 2.27. The van der Waals surface area contributed by atoms with E-state index >= 15 is 0 Å². The molecule has 0 radical (unpaired) electrons. The molecule has 1 N–H and O–H groups in total. The zero-order valence-corrected chi connectivity index (χ0v) is 12.7. The molecule has 1 saturated heterocycles. The Morgan fingerprint density at radius 3 is 2.90 bits per heavy atom. The van der Waals surface area contributed by atoms with Crippen LogP contribution in [0.4, 0.5) is 5.69 Å². The average molecular weight is 311 g/mol. The van der Waals surface area contributed by atoms with Crippen molar-refractivity contribution < 1.29 is 14.3 Å². The second-order valence-electron chi connectivity index (χ2n) is 5.13. The van der Waals surface area contributed by atoms with Crippen LogP contribution in [0.1, 0.15) is 12.8 Å². The Balaban J connectivity index is 1.88. The number of carbonyl (C=O) groups is 2. The fourth-order valence-electron chi connectivity index (χ4n) is 2.51. The monoisotopic (exact) mass is 310 g/mol. The number of halogens is 1. The van der Waals surface area contributed by atoms with Gasteiger partial charge in [0.1, 0.15) is 0 Å². The van der Waals surface area contributed by atoms with Crippen LogP contribution < -0.4 is 5.32 Å². The number of piperidine rings is 1. The van der Waals surface area contributed by atoms with Crippen molar-refractivity contribution in [1.29, 1.82) is 0 Å². The Morgan fingerprint density at radius 2 is 2.19 bits per heavy atom. The Bertz CT molecular complexity index is 521. The summed E-state index contributed by atoms with van der Waals surface area (Å²) in [7, 11) is 1.39. The number of hydrogen-bond acceptors (Lipinski definition) is 4. The van der Waals surface area contributed by atoms with E-state index in [9.17, 15) is 9.59 Å². The molecule has 0 aromatic heterocycles.